The van der Waals surface area contributed by atoms with Crippen molar-refractivity contribution in [1.29, 1.82) is 0 Å². The Morgan fingerprint density at radius 3 is 3.00 bits per heavy atom. The second-order valence-corrected chi connectivity index (χ2v) is 4.81. The summed E-state index contributed by atoms with van der Waals surface area (Å²) in [6.07, 6.45) is 4.85. The molecule has 5 nitrogen and oxygen atoms in total. The number of hydrogen-bond donors (Lipinski definition) is 1. The SMILES string of the molecule is CCCC(=O)Nc1cccc(-c2ccnc3ccnn23)c1. The first-order chi connectivity index (χ1) is 10.3. The molecule has 2 aromatic heterocycles. The van der Waals surface area contributed by atoms with Gasteiger partial charge in [0.25, 0.3) is 0 Å². The molecule has 1 amide bonds. The van der Waals surface area contributed by atoms with Gasteiger partial charge in [0, 0.05) is 29.9 Å². The molecule has 2 heterocycles. The molecule has 0 fully saturated rings. The Morgan fingerprint density at radius 2 is 2.14 bits per heavy atom. The minimum atomic E-state index is 0.0358. The molecule has 0 atom stereocenters. The van der Waals surface area contributed by atoms with Crippen LogP contribution in [0.15, 0.2) is 48.8 Å². The molecule has 3 rings (SSSR count). The largest absolute Gasteiger partial charge is 0.326 e. The molecule has 0 unspecified atom stereocenters. The van der Waals surface area contributed by atoms with Crippen LogP contribution in [0.4, 0.5) is 5.69 Å². The fourth-order valence-electron chi connectivity index (χ4n) is 2.26. The summed E-state index contributed by atoms with van der Waals surface area (Å²) in [5, 5.41) is 7.19. The van der Waals surface area contributed by atoms with Crippen LogP contribution in [0.5, 0.6) is 0 Å². The van der Waals surface area contributed by atoms with E-state index in [1.807, 2.05) is 43.3 Å². The van der Waals surface area contributed by atoms with Crippen molar-refractivity contribution in [3.8, 4) is 11.3 Å². The van der Waals surface area contributed by atoms with Crippen molar-refractivity contribution < 1.29 is 4.79 Å². The van der Waals surface area contributed by atoms with E-state index in [9.17, 15) is 4.79 Å². The van der Waals surface area contributed by atoms with Gasteiger partial charge in [0.05, 0.1) is 11.9 Å². The lowest BCUT2D eigenvalue weighted by Gasteiger charge is -2.08. The first-order valence-corrected chi connectivity index (χ1v) is 6.97. The Balaban J connectivity index is 1.96. The third-order valence-corrected chi connectivity index (χ3v) is 3.21. The van der Waals surface area contributed by atoms with Gasteiger partial charge in [0.15, 0.2) is 5.65 Å². The molecule has 1 aromatic carbocycles. The highest BCUT2D eigenvalue weighted by Crippen LogP contribution is 2.22. The predicted octanol–water partition coefficient (Wildman–Crippen LogP) is 3.13. The van der Waals surface area contributed by atoms with Gasteiger partial charge in [-0.3, -0.25) is 4.79 Å². The van der Waals surface area contributed by atoms with E-state index >= 15 is 0 Å². The summed E-state index contributed by atoms with van der Waals surface area (Å²) in [7, 11) is 0. The number of aromatic nitrogens is 3. The fraction of sp³-hybridized carbons (Fsp3) is 0.188. The van der Waals surface area contributed by atoms with Crippen molar-refractivity contribution in [2.75, 3.05) is 5.32 Å². The molecule has 21 heavy (non-hydrogen) atoms. The number of nitrogens with zero attached hydrogens (tertiary/aromatic N) is 3. The van der Waals surface area contributed by atoms with Crippen molar-refractivity contribution in [2.24, 2.45) is 0 Å². The third kappa shape index (κ3) is 2.76. The second kappa shape index (κ2) is 5.75. The number of benzene rings is 1. The highest BCUT2D eigenvalue weighted by molar-refractivity contribution is 5.91. The average molecular weight is 280 g/mol. The van der Waals surface area contributed by atoms with Crippen LogP contribution in [0, 0.1) is 0 Å². The molecular weight excluding hydrogens is 264 g/mol. The summed E-state index contributed by atoms with van der Waals surface area (Å²) in [5.41, 5.74) is 3.52. The van der Waals surface area contributed by atoms with Crippen LogP contribution < -0.4 is 5.32 Å². The summed E-state index contributed by atoms with van der Waals surface area (Å²) in [5.74, 6) is 0.0358. The molecule has 0 saturated carbocycles. The maximum absolute atomic E-state index is 11.7. The maximum atomic E-state index is 11.7. The number of carbonyl (C=O) groups excluding carboxylic acids is 1. The van der Waals surface area contributed by atoms with Gasteiger partial charge in [0.2, 0.25) is 5.91 Å². The summed E-state index contributed by atoms with van der Waals surface area (Å²) in [6, 6.07) is 11.5. The van der Waals surface area contributed by atoms with Gasteiger partial charge in [-0.05, 0) is 24.6 Å². The van der Waals surface area contributed by atoms with Crippen molar-refractivity contribution in [1.82, 2.24) is 14.6 Å². The van der Waals surface area contributed by atoms with Crippen LogP contribution in [0.1, 0.15) is 19.8 Å². The summed E-state index contributed by atoms with van der Waals surface area (Å²) in [6.45, 7) is 1.99. The van der Waals surface area contributed by atoms with E-state index in [1.165, 1.54) is 0 Å². The molecule has 0 bridgehead atoms. The summed E-state index contributed by atoms with van der Waals surface area (Å²) >= 11 is 0. The van der Waals surface area contributed by atoms with Gasteiger partial charge < -0.3 is 5.32 Å². The van der Waals surface area contributed by atoms with Crippen LogP contribution in [0.2, 0.25) is 0 Å². The Morgan fingerprint density at radius 1 is 1.24 bits per heavy atom. The lowest BCUT2D eigenvalue weighted by atomic mass is 10.1. The molecule has 0 aliphatic heterocycles. The molecule has 0 aliphatic carbocycles. The van der Waals surface area contributed by atoms with Crippen LogP contribution in [-0.4, -0.2) is 20.5 Å². The second-order valence-electron chi connectivity index (χ2n) is 4.81. The Labute approximate surface area is 122 Å². The lowest BCUT2D eigenvalue weighted by Crippen LogP contribution is -2.10. The first-order valence-electron chi connectivity index (χ1n) is 6.97. The zero-order valence-corrected chi connectivity index (χ0v) is 11.8. The van der Waals surface area contributed by atoms with Crippen molar-refractivity contribution >= 4 is 17.2 Å². The smallest absolute Gasteiger partial charge is 0.224 e. The van der Waals surface area contributed by atoms with E-state index in [2.05, 4.69) is 15.4 Å². The van der Waals surface area contributed by atoms with Crippen LogP contribution in [0.3, 0.4) is 0 Å². The van der Waals surface area contributed by atoms with Crippen LogP contribution >= 0.6 is 0 Å². The number of amides is 1. The number of nitrogens with one attached hydrogen (secondary N) is 1. The molecule has 5 heteroatoms. The zero-order chi connectivity index (χ0) is 14.7. The Kier molecular flexibility index (Phi) is 3.64. The molecule has 106 valence electrons. The number of hydrogen-bond acceptors (Lipinski definition) is 3. The molecule has 0 saturated heterocycles. The number of fused-ring (bicyclic) bond motifs is 1. The molecule has 1 N–H and O–H groups in total. The Hall–Kier alpha value is -2.69. The van der Waals surface area contributed by atoms with Gasteiger partial charge in [-0.1, -0.05) is 19.1 Å². The standard InChI is InChI=1S/C16H16N4O/c1-2-4-16(21)19-13-6-3-5-12(11-13)14-7-9-17-15-8-10-18-20(14)15/h3,5-11H,2,4H2,1H3,(H,19,21). The number of rotatable bonds is 4. The predicted molar refractivity (Wildman–Crippen MR) is 82.0 cm³/mol. The van der Waals surface area contributed by atoms with Gasteiger partial charge >= 0.3 is 0 Å². The van der Waals surface area contributed by atoms with E-state index in [0.29, 0.717) is 6.42 Å². The summed E-state index contributed by atoms with van der Waals surface area (Å²) < 4.78 is 1.78. The van der Waals surface area contributed by atoms with E-state index in [0.717, 1.165) is 29.0 Å². The van der Waals surface area contributed by atoms with Crippen LogP contribution in [0.25, 0.3) is 16.9 Å². The maximum Gasteiger partial charge on any atom is 0.224 e. The average Bonchev–Trinajstić information content (AvgIpc) is 2.96. The highest BCUT2D eigenvalue weighted by atomic mass is 16.1. The quantitative estimate of drug-likeness (QED) is 0.798. The number of carbonyl (C=O) groups is 1. The van der Waals surface area contributed by atoms with E-state index < -0.39 is 0 Å². The van der Waals surface area contributed by atoms with Gasteiger partial charge in [-0.15, -0.1) is 0 Å². The molecular formula is C16H16N4O. The monoisotopic (exact) mass is 280 g/mol. The van der Waals surface area contributed by atoms with Gasteiger partial charge in [-0.2, -0.15) is 5.10 Å². The lowest BCUT2D eigenvalue weighted by molar-refractivity contribution is -0.116. The minimum absolute atomic E-state index is 0.0358. The molecule has 3 aromatic rings. The summed E-state index contributed by atoms with van der Waals surface area (Å²) in [4.78, 5) is 15.9. The third-order valence-electron chi connectivity index (χ3n) is 3.21. The topological polar surface area (TPSA) is 59.3 Å². The Bertz CT molecular complexity index is 779. The van der Waals surface area contributed by atoms with Crippen molar-refractivity contribution in [2.45, 2.75) is 19.8 Å². The molecule has 0 aliphatic rings. The molecule has 0 radical (unpaired) electrons. The number of anilines is 1. The first kappa shape index (κ1) is 13.3. The zero-order valence-electron chi connectivity index (χ0n) is 11.8. The molecule has 0 spiro atoms. The van der Waals surface area contributed by atoms with Gasteiger partial charge in [0.1, 0.15) is 0 Å². The van der Waals surface area contributed by atoms with Crippen LogP contribution in [-0.2, 0) is 4.79 Å². The van der Waals surface area contributed by atoms with Gasteiger partial charge in [-0.25, -0.2) is 9.50 Å². The highest BCUT2D eigenvalue weighted by Gasteiger charge is 2.07. The van der Waals surface area contributed by atoms with E-state index in [-0.39, 0.29) is 5.91 Å². The van der Waals surface area contributed by atoms with E-state index in [4.69, 9.17) is 0 Å². The normalized spacial score (nSPS) is 10.7. The van der Waals surface area contributed by atoms with E-state index in [1.54, 1.807) is 16.9 Å². The van der Waals surface area contributed by atoms with Crippen molar-refractivity contribution in [3.05, 3.63) is 48.8 Å². The fourth-order valence-corrected chi connectivity index (χ4v) is 2.26. The minimum Gasteiger partial charge on any atom is -0.326 e. The van der Waals surface area contributed by atoms with Crippen molar-refractivity contribution in [3.63, 3.8) is 0 Å².